The molecule has 194 valence electrons. The van der Waals surface area contributed by atoms with Crippen molar-refractivity contribution in [2.45, 2.75) is 82.7 Å². The van der Waals surface area contributed by atoms with Crippen LogP contribution in [0.1, 0.15) is 53.4 Å². The smallest absolute Gasteiger partial charge is 0.246 e. The molecule has 3 fully saturated rings. The molecule has 0 radical (unpaired) electrons. The fraction of sp³-hybridized carbons (Fsp3) is 0.607. The molecular formula is C28H37N3O5. The fourth-order valence-electron chi connectivity index (χ4n) is 6.61. The van der Waals surface area contributed by atoms with Crippen LogP contribution >= 0.6 is 0 Å². The Kier molecular flexibility index (Phi) is 6.14. The average Bonchev–Trinajstić information content (AvgIpc) is 3.47. The van der Waals surface area contributed by atoms with Crippen LogP contribution in [-0.2, 0) is 19.1 Å². The predicted octanol–water partition coefficient (Wildman–Crippen LogP) is 3.28. The number of hydrogen-bond acceptors (Lipinski definition) is 5. The van der Waals surface area contributed by atoms with Gasteiger partial charge in [0.05, 0.1) is 25.0 Å². The molecule has 3 aliphatic heterocycles. The third kappa shape index (κ3) is 3.90. The predicted molar refractivity (Wildman–Crippen MR) is 135 cm³/mol. The summed E-state index contributed by atoms with van der Waals surface area (Å²) in [5, 5.41) is 6.20. The second-order valence-electron chi connectivity index (χ2n) is 11.7. The number of rotatable bonds is 5. The monoisotopic (exact) mass is 495 g/mol. The van der Waals surface area contributed by atoms with Gasteiger partial charge in [0, 0.05) is 23.3 Å². The lowest BCUT2D eigenvalue weighted by Crippen LogP contribution is -2.61. The number of carbonyl (C=O) groups is 3. The fourth-order valence-corrected chi connectivity index (χ4v) is 6.61. The average molecular weight is 496 g/mol. The number of nitrogens with one attached hydrogen (secondary N) is 2. The minimum Gasteiger partial charge on any atom is -0.497 e. The van der Waals surface area contributed by atoms with Gasteiger partial charge in [-0.15, -0.1) is 0 Å². The van der Waals surface area contributed by atoms with Crippen molar-refractivity contribution >= 4 is 23.4 Å². The molecule has 3 heterocycles. The van der Waals surface area contributed by atoms with Crippen molar-refractivity contribution in [3.8, 4) is 5.75 Å². The van der Waals surface area contributed by atoms with E-state index in [2.05, 4.69) is 17.6 Å². The first-order valence-corrected chi connectivity index (χ1v) is 13.0. The molecule has 4 aliphatic rings. The molecule has 2 saturated heterocycles. The number of methoxy groups -OCH3 is 1. The Morgan fingerprint density at radius 3 is 2.61 bits per heavy atom. The SMILES string of the molecule is COc1cccc(NC(=O)C2[C@H]3C=CC4(O3)C(C(=O)NC3CCCCC3C)N(C(C)(C)C)C(=O)[C@@H]24)c1. The van der Waals surface area contributed by atoms with Gasteiger partial charge >= 0.3 is 0 Å². The van der Waals surface area contributed by atoms with Crippen molar-refractivity contribution in [1.29, 1.82) is 0 Å². The van der Waals surface area contributed by atoms with E-state index in [4.69, 9.17) is 9.47 Å². The summed E-state index contributed by atoms with van der Waals surface area (Å²) in [6.07, 6.45) is 7.41. The van der Waals surface area contributed by atoms with E-state index in [1.54, 1.807) is 36.3 Å². The van der Waals surface area contributed by atoms with Gasteiger partial charge in [-0.2, -0.15) is 0 Å². The second-order valence-corrected chi connectivity index (χ2v) is 11.7. The van der Waals surface area contributed by atoms with Crippen LogP contribution in [0.15, 0.2) is 36.4 Å². The van der Waals surface area contributed by atoms with E-state index >= 15 is 0 Å². The van der Waals surface area contributed by atoms with Crippen LogP contribution in [0.3, 0.4) is 0 Å². The van der Waals surface area contributed by atoms with Gasteiger partial charge in [0.25, 0.3) is 0 Å². The Morgan fingerprint density at radius 1 is 1.17 bits per heavy atom. The summed E-state index contributed by atoms with van der Waals surface area (Å²) in [6.45, 7) is 7.94. The van der Waals surface area contributed by atoms with Crippen molar-refractivity contribution < 1.29 is 23.9 Å². The van der Waals surface area contributed by atoms with Crippen molar-refractivity contribution in [2.75, 3.05) is 12.4 Å². The van der Waals surface area contributed by atoms with Crippen LogP contribution in [0.2, 0.25) is 0 Å². The molecule has 1 aliphatic carbocycles. The number of nitrogens with zero attached hydrogens (tertiary/aromatic N) is 1. The van der Waals surface area contributed by atoms with Crippen LogP contribution in [0, 0.1) is 17.8 Å². The molecule has 1 aromatic rings. The highest BCUT2D eigenvalue weighted by Gasteiger charge is 2.74. The summed E-state index contributed by atoms with van der Waals surface area (Å²) in [6, 6.07) is 6.35. The number of fused-ring (bicyclic) bond motifs is 1. The van der Waals surface area contributed by atoms with Gasteiger partial charge in [0.1, 0.15) is 17.4 Å². The van der Waals surface area contributed by atoms with Crippen LogP contribution in [0.25, 0.3) is 0 Å². The normalized spacial score (nSPS) is 35.0. The molecule has 36 heavy (non-hydrogen) atoms. The lowest BCUT2D eigenvalue weighted by Gasteiger charge is -2.41. The van der Waals surface area contributed by atoms with Gasteiger partial charge in [-0.05, 0) is 51.7 Å². The zero-order chi connectivity index (χ0) is 25.8. The molecule has 5 unspecified atom stereocenters. The van der Waals surface area contributed by atoms with Crippen LogP contribution < -0.4 is 15.4 Å². The van der Waals surface area contributed by atoms with Crippen molar-refractivity contribution in [3.63, 3.8) is 0 Å². The van der Waals surface area contributed by atoms with Gasteiger partial charge in [-0.3, -0.25) is 14.4 Å². The molecule has 7 atom stereocenters. The number of anilines is 1. The molecule has 1 spiro atoms. The van der Waals surface area contributed by atoms with Gasteiger partial charge in [0.15, 0.2) is 0 Å². The van der Waals surface area contributed by atoms with E-state index in [9.17, 15) is 14.4 Å². The van der Waals surface area contributed by atoms with E-state index in [-0.39, 0.29) is 23.8 Å². The first kappa shape index (κ1) is 24.8. The zero-order valence-electron chi connectivity index (χ0n) is 21.7. The second kappa shape index (κ2) is 8.91. The maximum absolute atomic E-state index is 14.0. The Morgan fingerprint density at radius 2 is 1.92 bits per heavy atom. The molecule has 5 rings (SSSR count). The number of benzene rings is 1. The molecule has 3 amide bonds. The van der Waals surface area contributed by atoms with Gasteiger partial charge in [-0.1, -0.05) is 38.0 Å². The van der Waals surface area contributed by atoms with Gasteiger partial charge < -0.3 is 25.0 Å². The summed E-state index contributed by atoms with van der Waals surface area (Å²) in [4.78, 5) is 43.1. The summed E-state index contributed by atoms with van der Waals surface area (Å²) >= 11 is 0. The molecule has 2 bridgehead atoms. The quantitative estimate of drug-likeness (QED) is 0.611. The van der Waals surface area contributed by atoms with Gasteiger partial charge in [-0.25, -0.2) is 0 Å². The van der Waals surface area contributed by atoms with E-state index in [1.807, 2.05) is 32.9 Å². The summed E-state index contributed by atoms with van der Waals surface area (Å²) in [5.41, 5.74) is -1.20. The first-order chi connectivity index (χ1) is 17.1. The standard InChI is InChI=1S/C28H37N3O5/c1-16-9-6-7-12-19(16)30-25(33)23-28-14-13-20(36-28)21(22(28)26(34)31(23)27(2,3)4)24(32)29-17-10-8-11-18(15-17)35-5/h8,10-11,13-16,19-23H,6-7,9,12H2,1-5H3,(H,29,32)(H,30,33)/t16?,19?,20-,21?,22-,23?,28?/m1/s1. The van der Waals surface area contributed by atoms with Crippen LogP contribution in [0.5, 0.6) is 5.75 Å². The minimum atomic E-state index is -1.16. The van der Waals surface area contributed by atoms with Gasteiger partial charge in [0.2, 0.25) is 17.7 Å². The van der Waals surface area contributed by atoms with Crippen molar-refractivity contribution in [2.24, 2.45) is 17.8 Å². The maximum Gasteiger partial charge on any atom is 0.246 e. The van der Waals surface area contributed by atoms with E-state index < -0.39 is 35.1 Å². The summed E-state index contributed by atoms with van der Waals surface area (Å²) < 4.78 is 11.7. The minimum absolute atomic E-state index is 0.0772. The molecule has 8 nitrogen and oxygen atoms in total. The number of amides is 3. The number of hydrogen-bond donors (Lipinski definition) is 2. The molecular weight excluding hydrogens is 458 g/mol. The largest absolute Gasteiger partial charge is 0.497 e. The topological polar surface area (TPSA) is 97.0 Å². The molecule has 0 aromatic heterocycles. The highest BCUT2D eigenvalue weighted by molar-refractivity contribution is 6.03. The molecule has 1 saturated carbocycles. The zero-order valence-corrected chi connectivity index (χ0v) is 21.7. The lowest BCUT2D eigenvalue weighted by molar-refractivity contribution is -0.147. The highest BCUT2D eigenvalue weighted by atomic mass is 16.5. The van der Waals surface area contributed by atoms with E-state index in [0.717, 1.165) is 19.3 Å². The van der Waals surface area contributed by atoms with Crippen LogP contribution in [-0.4, -0.2) is 59.1 Å². The number of ether oxygens (including phenoxy) is 2. The Labute approximate surface area is 212 Å². The molecule has 2 N–H and O–H groups in total. The first-order valence-electron chi connectivity index (χ1n) is 13.0. The Hall–Kier alpha value is -2.87. The lowest BCUT2D eigenvalue weighted by atomic mass is 9.74. The number of likely N-dealkylation sites (tertiary alicyclic amines) is 1. The van der Waals surface area contributed by atoms with E-state index in [0.29, 0.717) is 17.4 Å². The summed E-state index contributed by atoms with van der Waals surface area (Å²) in [5.74, 6) is -1.20. The van der Waals surface area contributed by atoms with E-state index in [1.165, 1.54) is 6.42 Å². The molecule has 8 heteroatoms. The maximum atomic E-state index is 14.0. The van der Waals surface area contributed by atoms with Crippen molar-refractivity contribution in [3.05, 3.63) is 36.4 Å². The third-order valence-electron chi connectivity index (χ3n) is 8.33. The molecule has 1 aromatic carbocycles. The Bertz CT molecular complexity index is 1090. The van der Waals surface area contributed by atoms with Crippen LogP contribution in [0.4, 0.5) is 5.69 Å². The third-order valence-corrected chi connectivity index (χ3v) is 8.33. The highest BCUT2D eigenvalue weighted by Crippen LogP contribution is 2.56. The number of carbonyl (C=O) groups excluding carboxylic acids is 3. The summed E-state index contributed by atoms with van der Waals surface area (Å²) in [7, 11) is 1.57. The van der Waals surface area contributed by atoms with Crippen molar-refractivity contribution in [1.82, 2.24) is 10.2 Å². The Balaban J connectivity index is 1.46.